The van der Waals surface area contributed by atoms with E-state index in [1.807, 2.05) is 0 Å². The molecule has 1 aromatic heterocycles. The van der Waals surface area contributed by atoms with Gasteiger partial charge in [-0.15, -0.1) is 0 Å². The van der Waals surface area contributed by atoms with Crippen LogP contribution in [0.2, 0.25) is 0 Å². The highest BCUT2D eigenvalue weighted by molar-refractivity contribution is 5.91. The number of carbonyl (C=O) groups is 1. The Bertz CT molecular complexity index is 707. The summed E-state index contributed by atoms with van der Waals surface area (Å²) >= 11 is 0. The largest absolute Gasteiger partial charge is 0.482 e. The van der Waals surface area contributed by atoms with E-state index in [1.165, 1.54) is 12.1 Å². The molecule has 0 aliphatic rings. The van der Waals surface area contributed by atoms with E-state index in [2.05, 4.69) is 5.32 Å². The van der Waals surface area contributed by atoms with Gasteiger partial charge in [0.2, 0.25) is 11.2 Å². The van der Waals surface area contributed by atoms with Crippen molar-refractivity contribution in [3.8, 4) is 5.75 Å². The van der Waals surface area contributed by atoms with E-state index in [0.29, 0.717) is 5.56 Å². The SMILES string of the molecule is CC(C)NC(=O)c1cc(=O)c(OCc2ccc(F)cc2)co1. The molecule has 5 nitrogen and oxygen atoms in total. The van der Waals surface area contributed by atoms with Crippen molar-refractivity contribution in [2.24, 2.45) is 0 Å². The van der Waals surface area contributed by atoms with Gasteiger partial charge >= 0.3 is 0 Å². The van der Waals surface area contributed by atoms with E-state index in [4.69, 9.17) is 9.15 Å². The Morgan fingerprint density at radius 3 is 2.59 bits per heavy atom. The van der Waals surface area contributed by atoms with E-state index in [1.54, 1.807) is 26.0 Å². The quantitative estimate of drug-likeness (QED) is 0.921. The Labute approximate surface area is 126 Å². The van der Waals surface area contributed by atoms with E-state index in [-0.39, 0.29) is 30.0 Å². The summed E-state index contributed by atoms with van der Waals surface area (Å²) < 4.78 is 23.2. The van der Waals surface area contributed by atoms with Crippen molar-refractivity contribution in [1.29, 1.82) is 0 Å². The molecule has 1 amide bonds. The van der Waals surface area contributed by atoms with E-state index in [9.17, 15) is 14.0 Å². The lowest BCUT2D eigenvalue weighted by molar-refractivity contribution is 0.0911. The molecular formula is C16H16FNO4. The van der Waals surface area contributed by atoms with Gasteiger partial charge in [-0.05, 0) is 31.5 Å². The fourth-order valence-electron chi connectivity index (χ4n) is 1.70. The minimum absolute atomic E-state index is 0.00887. The summed E-state index contributed by atoms with van der Waals surface area (Å²) in [5, 5.41) is 2.62. The zero-order chi connectivity index (χ0) is 16.1. The van der Waals surface area contributed by atoms with Gasteiger partial charge < -0.3 is 14.5 Å². The summed E-state index contributed by atoms with van der Waals surface area (Å²) in [7, 11) is 0. The van der Waals surface area contributed by atoms with E-state index in [0.717, 1.165) is 12.3 Å². The smallest absolute Gasteiger partial charge is 0.287 e. The molecule has 0 atom stereocenters. The predicted octanol–water partition coefficient (Wildman–Crippen LogP) is 2.50. The van der Waals surface area contributed by atoms with E-state index >= 15 is 0 Å². The third-order valence-electron chi connectivity index (χ3n) is 2.75. The summed E-state index contributed by atoms with van der Waals surface area (Å²) in [6, 6.07) is 6.74. The lowest BCUT2D eigenvalue weighted by Gasteiger charge is -2.08. The van der Waals surface area contributed by atoms with Crippen LogP contribution in [0.4, 0.5) is 4.39 Å². The average molecular weight is 305 g/mol. The Morgan fingerprint density at radius 2 is 2.00 bits per heavy atom. The normalized spacial score (nSPS) is 10.5. The second-order valence-electron chi connectivity index (χ2n) is 5.02. The summed E-state index contributed by atoms with van der Waals surface area (Å²) in [6.07, 6.45) is 1.10. The number of rotatable bonds is 5. The highest BCUT2D eigenvalue weighted by Crippen LogP contribution is 2.10. The molecule has 0 bridgehead atoms. The van der Waals surface area contributed by atoms with Gasteiger partial charge in [-0.25, -0.2) is 4.39 Å². The lowest BCUT2D eigenvalue weighted by atomic mass is 10.2. The standard InChI is InChI=1S/C16H16FNO4/c1-10(2)18-16(20)14-7-13(19)15(9-22-14)21-8-11-3-5-12(17)6-4-11/h3-7,9-10H,8H2,1-2H3,(H,18,20). The minimum Gasteiger partial charge on any atom is -0.482 e. The molecule has 0 unspecified atom stereocenters. The maximum Gasteiger partial charge on any atom is 0.287 e. The van der Waals surface area contributed by atoms with Crippen LogP contribution < -0.4 is 15.5 Å². The molecule has 2 rings (SSSR count). The molecule has 1 aromatic carbocycles. The van der Waals surface area contributed by atoms with Crippen molar-refractivity contribution in [3.05, 3.63) is 64.0 Å². The lowest BCUT2D eigenvalue weighted by Crippen LogP contribution is -2.30. The van der Waals surface area contributed by atoms with Crippen LogP contribution in [-0.2, 0) is 6.61 Å². The molecule has 0 saturated heterocycles. The third-order valence-corrected chi connectivity index (χ3v) is 2.75. The Balaban J connectivity index is 2.05. The Kier molecular flexibility index (Phi) is 4.93. The van der Waals surface area contributed by atoms with Crippen molar-refractivity contribution < 1.29 is 18.3 Å². The zero-order valence-corrected chi connectivity index (χ0v) is 12.3. The first-order chi connectivity index (χ1) is 10.5. The summed E-state index contributed by atoms with van der Waals surface area (Å²) in [5.41, 5.74) is 0.254. The molecule has 6 heteroatoms. The molecule has 0 saturated carbocycles. The molecule has 1 N–H and O–H groups in total. The van der Waals surface area contributed by atoms with Crippen LogP contribution in [0.15, 0.2) is 45.8 Å². The fraction of sp³-hybridized carbons (Fsp3) is 0.250. The molecule has 0 spiro atoms. The minimum atomic E-state index is -0.461. The highest BCUT2D eigenvalue weighted by Gasteiger charge is 2.12. The van der Waals surface area contributed by atoms with Crippen LogP contribution in [0.1, 0.15) is 30.0 Å². The fourth-order valence-corrected chi connectivity index (χ4v) is 1.70. The number of carbonyl (C=O) groups excluding carboxylic acids is 1. The number of amides is 1. The van der Waals surface area contributed by atoms with Crippen LogP contribution in [0.25, 0.3) is 0 Å². The van der Waals surface area contributed by atoms with Gasteiger partial charge in [-0.3, -0.25) is 9.59 Å². The first kappa shape index (κ1) is 15.8. The molecule has 22 heavy (non-hydrogen) atoms. The molecule has 0 aliphatic heterocycles. The Hall–Kier alpha value is -2.63. The first-order valence-corrected chi connectivity index (χ1v) is 6.76. The molecule has 2 aromatic rings. The van der Waals surface area contributed by atoms with Gasteiger partial charge in [0.15, 0.2) is 5.76 Å². The summed E-state index contributed by atoms with van der Waals surface area (Å²) in [5.74, 6) is -0.890. The van der Waals surface area contributed by atoms with Gasteiger partial charge in [0.25, 0.3) is 5.91 Å². The maximum absolute atomic E-state index is 12.8. The second-order valence-corrected chi connectivity index (χ2v) is 5.02. The van der Waals surface area contributed by atoms with Crippen molar-refractivity contribution >= 4 is 5.91 Å². The highest BCUT2D eigenvalue weighted by atomic mass is 19.1. The van der Waals surface area contributed by atoms with Crippen molar-refractivity contribution in [2.45, 2.75) is 26.5 Å². The monoisotopic (exact) mass is 305 g/mol. The summed E-state index contributed by atoms with van der Waals surface area (Å²) in [4.78, 5) is 23.6. The van der Waals surface area contributed by atoms with Crippen LogP contribution in [0, 0.1) is 5.82 Å². The topological polar surface area (TPSA) is 68.5 Å². The second kappa shape index (κ2) is 6.89. The van der Waals surface area contributed by atoms with Crippen molar-refractivity contribution in [2.75, 3.05) is 0 Å². The number of benzene rings is 1. The molecule has 0 radical (unpaired) electrons. The number of halogens is 1. The van der Waals surface area contributed by atoms with Crippen molar-refractivity contribution in [1.82, 2.24) is 5.32 Å². The molecule has 116 valence electrons. The van der Waals surface area contributed by atoms with Gasteiger partial charge in [0.1, 0.15) is 18.7 Å². The number of nitrogens with one attached hydrogen (secondary N) is 1. The number of ether oxygens (including phenoxy) is 1. The first-order valence-electron chi connectivity index (χ1n) is 6.76. The number of hydrogen-bond acceptors (Lipinski definition) is 4. The van der Waals surface area contributed by atoms with E-state index < -0.39 is 11.3 Å². The van der Waals surface area contributed by atoms with Crippen LogP contribution in [0.5, 0.6) is 5.75 Å². The molecule has 0 aliphatic carbocycles. The predicted molar refractivity (Wildman–Crippen MR) is 78.3 cm³/mol. The van der Waals surface area contributed by atoms with Gasteiger partial charge in [0, 0.05) is 12.1 Å². The van der Waals surface area contributed by atoms with Crippen LogP contribution >= 0.6 is 0 Å². The zero-order valence-electron chi connectivity index (χ0n) is 12.3. The third kappa shape index (κ3) is 4.18. The summed E-state index contributed by atoms with van der Waals surface area (Å²) in [6.45, 7) is 3.70. The van der Waals surface area contributed by atoms with Crippen LogP contribution in [-0.4, -0.2) is 11.9 Å². The molecule has 0 fully saturated rings. The maximum atomic E-state index is 12.8. The van der Waals surface area contributed by atoms with Gasteiger partial charge in [0.05, 0.1) is 0 Å². The average Bonchev–Trinajstić information content (AvgIpc) is 2.47. The van der Waals surface area contributed by atoms with Crippen molar-refractivity contribution in [3.63, 3.8) is 0 Å². The number of hydrogen-bond donors (Lipinski definition) is 1. The Morgan fingerprint density at radius 1 is 1.32 bits per heavy atom. The molecule has 1 heterocycles. The molecular weight excluding hydrogens is 289 g/mol. The van der Waals surface area contributed by atoms with Gasteiger partial charge in [-0.2, -0.15) is 0 Å². The van der Waals surface area contributed by atoms with Gasteiger partial charge in [-0.1, -0.05) is 12.1 Å². The van der Waals surface area contributed by atoms with Crippen LogP contribution in [0.3, 0.4) is 0 Å².